The molecule has 10 heavy (non-hydrogen) atoms. The summed E-state index contributed by atoms with van der Waals surface area (Å²) in [5.41, 5.74) is 1.92. The summed E-state index contributed by atoms with van der Waals surface area (Å²) in [6.07, 6.45) is 0. The number of hydrogen-bond donors (Lipinski definition) is 0. The van der Waals surface area contributed by atoms with Gasteiger partial charge in [-0.2, -0.15) is 0 Å². The summed E-state index contributed by atoms with van der Waals surface area (Å²) in [6, 6.07) is 0. The summed E-state index contributed by atoms with van der Waals surface area (Å²) < 4.78 is 0. The standard InChI is InChI=1S/C7H10ClNS/c1-7(2,3)5-6(8)9-4-10-5/h4H,1-3H3. The molecule has 1 aromatic rings. The van der Waals surface area contributed by atoms with Gasteiger partial charge in [-0.25, -0.2) is 4.98 Å². The first-order chi connectivity index (χ1) is 4.52. The van der Waals surface area contributed by atoms with Crippen molar-refractivity contribution in [3.8, 4) is 0 Å². The van der Waals surface area contributed by atoms with Crippen LogP contribution in [0.25, 0.3) is 0 Å². The molecule has 0 atom stereocenters. The molecule has 0 N–H and O–H groups in total. The van der Waals surface area contributed by atoms with Crippen LogP contribution in [0.5, 0.6) is 0 Å². The average molecular weight is 176 g/mol. The molecule has 0 bridgehead atoms. The van der Waals surface area contributed by atoms with Crippen LogP contribution in [0.2, 0.25) is 5.15 Å². The Bertz CT molecular complexity index is 224. The van der Waals surface area contributed by atoms with Gasteiger partial charge in [-0.15, -0.1) is 11.3 Å². The van der Waals surface area contributed by atoms with E-state index in [2.05, 4.69) is 25.8 Å². The highest BCUT2D eigenvalue weighted by atomic mass is 35.5. The Hall–Kier alpha value is -0.0800. The van der Waals surface area contributed by atoms with E-state index in [-0.39, 0.29) is 5.41 Å². The monoisotopic (exact) mass is 175 g/mol. The molecule has 1 rings (SSSR count). The second kappa shape index (κ2) is 2.51. The lowest BCUT2D eigenvalue weighted by Gasteiger charge is -2.15. The minimum Gasteiger partial charge on any atom is -0.233 e. The molecular weight excluding hydrogens is 166 g/mol. The molecule has 0 aromatic carbocycles. The van der Waals surface area contributed by atoms with Gasteiger partial charge < -0.3 is 0 Å². The molecule has 1 heterocycles. The topological polar surface area (TPSA) is 12.9 Å². The third-order valence-corrected chi connectivity index (χ3v) is 2.86. The summed E-state index contributed by atoms with van der Waals surface area (Å²) in [5.74, 6) is 0. The summed E-state index contributed by atoms with van der Waals surface area (Å²) in [5, 5.41) is 0.650. The highest BCUT2D eigenvalue weighted by Gasteiger charge is 2.19. The average Bonchev–Trinajstić information content (AvgIpc) is 2.11. The highest BCUT2D eigenvalue weighted by molar-refractivity contribution is 7.10. The normalized spacial score (nSPS) is 12.0. The van der Waals surface area contributed by atoms with E-state index in [1.54, 1.807) is 16.8 Å². The van der Waals surface area contributed by atoms with Crippen molar-refractivity contribution in [1.82, 2.24) is 4.98 Å². The second-order valence-corrected chi connectivity index (χ2v) is 4.44. The molecule has 0 radical (unpaired) electrons. The number of aromatic nitrogens is 1. The first-order valence-electron chi connectivity index (χ1n) is 3.11. The minimum absolute atomic E-state index is 0.137. The Morgan fingerprint density at radius 3 is 2.30 bits per heavy atom. The Labute approximate surface area is 70.1 Å². The quantitative estimate of drug-likeness (QED) is 0.591. The van der Waals surface area contributed by atoms with E-state index < -0.39 is 0 Å². The van der Waals surface area contributed by atoms with E-state index in [0.29, 0.717) is 5.15 Å². The maximum atomic E-state index is 5.82. The van der Waals surface area contributed by atoms with Gasteiger partial charge in [-0.05, 0) is 5.41 Å². The zero-order valence-corrected chi connectivity index (χ0v) is 7.88. The maximum Gasteiger partial charge on any atom is 0.143 e. The Kier molecular flexibility index (Phi) is 2.02. The summed E-state index contributed by atoms with van der Waals surface area (Å²) in [4.78, 5) is 5.13. The lowest BCUT2D eigenvalue weighted by atomic mass is 9.95. The van der Waals surface area contributed by atoms with Crippen molar-refractivity contribution in [3.05, 3.63) is 15.5 Å². The van der Waals surface area contributed by atoms with Crippen LogP contribution < -0.4 is 0 Å². The first kappa shape index (κ1) is 8.02. The van der Waals surface area contributed by atoms with E-state index in [4.69, 9.17) is 11.6 Å². The van der Waals surface area contributed by atoms with Gasteiger partial charge >= 0.3 is 0 Å². The van der Waals surface area contributed by atoms with Gasteiger partial charge in [0.25, 0.3) is 0 Å². The van der Waals surface area contributed by atoms with Crippen molar-refractivity contribution >= 4 is 22.9 Å². The lowest BCUT2D eigenvalue weighted by Crippen LogP contribution is -2.08. The van der Waals surface area contributed by atoms with Crippen LogP contribution in [-0.2, 0) is 5.41 Å². The fraction of sp³-hybridized carbons (Fsp3) is 0.571. The van der Waals surface area contributed by atoms with Gasteiger partial charge in [-0.1, -0.05) is 32.4 Å². The largest absolute Gasteiger partial charge is 0.233 e. The van der Waals surface area contributed by atoms with Crippen molar-refractivity contribution in [2.24, 2.45) is 0 Å². The molecule has 0 aliphatic heterocycles. The second-order valence-electron chi connectivity index (χ2n) is 3.22. The van der Waals surface area contributed by atoms with Gasteiger partial charge in [0, 0.05) is 4.88 Å². The zero-order valence-electron chi connectivity index (χ0n) is 6.31. The van der Waals surface area contributed by atoms with E-state index >= 15 is 0 Å². The van der Waals surface area contributed by atoms with E-state index in [1.807, 2.05) is 0 Å². The number of rotatable bonds is 0. The van der Waals surface area contributed by atoms with Crippen LogP contribution in [0.15, 0.2) is 5.51 Å². The molecule has 56 valence electrons. The van der Waals surface area contributed by atoms with Crippen LogP contribution in [0.1, 0.15) is 25.6 Å². The molecule has 1 aromatic heterocycles. The van der Waals surface area contributed by atoms with E-state index in [9.17, 15) is 0 Å². The molecule has 0 saturated heterocycles. The molecular formula is C7H10ClNS. The predicted molar refractivity (Wildman–Crippen MR) is 45.8 cm³/mol. The first-order valence-corrected chi connectivity index (χ1v) is 4.37. The molecule has 1 nitrogen and oxygen atoms in total. The molecule has 3 heteroatoms. The number of thiazole rings is 1. The van der Waals surface area contributed by atoms with Crippen molar-refractivity contribution < 1.29 is 0 Å². The summed E-state index contributed by atoms with van der Waals surface area (Å²) >= 11 is 7.44. The molecule has 0 saturated carbocycles. The highest BCUT2D eigenvalue weighted by Crippen LogP contribution is 2.31. The van der Waals surface area contributed by atoms with Gasteiger partial charge in [0.05, 0.1) is 5.51 Å². The summed E-state index contributed by atoms with van der Waals surface area (Å²) in [7, 11) is 0. The van der Waals surface area contributed by atoms with E-state index in [0.717, 1.165) is 4.88 Å². The SMILES string of the molecule is CC(C)(C)c1scnc1Cl. The third-order valence-electron chi connectivity index (χ3n) is 1.21. The number of nitrogens with zero attached hydrogens (tertiary/aromatic N) is 1. The molecule has 0 spiro atoms. The lowest BCUT2D eigenvalue weighted by molar-refractivity contribution is 0.602. The third kappa shape index (κ3) is 1.50. The molecule has 0 amide bonds. The molecule has 0 unspecified atom stereocenters. The maximum absolute atomic E-state index is 5.82. The number of halogens is 1. The fourth-order valence-corrected chi connectivity index (χ4v) is 2.01. The summed E-state index contributed by atoms with van der Waals surface area (Å²) in [6.45, 7) is 6.39. The van der Waals surface area contributed by atoms with Crippen molar-refractivity contribution in [2.45, 2.75) is 26.2 Å². The Morgan fingerprint density at radius 2 is 2.10 bits per heavy atom. The van der Waals surface area contributed by atoms with Gasteiger partial charge in [0.15, 0.2) is 0 Å². The minimum atomic E-state index is 0.137. The molecule has 0 aliphatic rings. The van der Waals surface area contributed by atoms with Crippen LogP contribution in [0.4, 0.5) is 0 Å². The van der Waals surface area contributed by atoms with Crippen LogP contribution >= 0.6 is 22.9 Å². The Morgan fingerprint density at radius 1 is 1.50 bits per heavy atom. The van der Waals surface area contributed by atoms with Gasteiger partial charge in [-0.3, -0.25) is 0 Å². The fourth-order valence-electron chi connectivity index (χ4n) is 0.719. The Balaban J connectivity index is 3.05. The molecule has 0 aliphatic carbocycles. The van der Waals surface area contributed by atoms with E-state index in [1.165, 1.54) is 0 Å². The van der Waals surface area contributed by atoms with Crippen molar-refractivity contribution in [3.63, 3.8) is 0 Å². The zero-order chi connectivity index (χ0) is 7.78. The predicted octanol–water partition coefficient (Wildman–Crippen LogP) is 3.09. The van der Waals surface area contributed by atoms with Gasteiger partial charge in [0.2, 0.25) is 0 Å². The van der Waals surface area contributed by atoms with Crippen molar-refractivity contribution in [2.75, 3.05) is 0 Å². The molecule has 0 fully saturated rings. The van der Waals surface area contributed by atoms with Crippen molar-refractivity contribution in [1.29, 1.82) is 0 Å². The van der Waals surface area contributed by atoms with Crippen LogP contribution in [0, 0.1) is 0 Å². The van der Waals surface area contributed by atoms with Crippen LogP contribution in [-0.4, -0.2) is 4.98 Å². The van der Waals surface area contributed by atoms with Crippen LogP contribution in [0.3, 0.4) is 0 Å². The smallest absolute Gasteiger partial charge is 0.143 e. The number of hydrogen-bond acceptors (Lipinski definition) is 2. The van der Waals surface area contributed by atoms with Gasteiger partial charge in [0.1, 0.15) is 5.15 Å².